The molecule has 54 heavy (non-hydrogen) atoms. The minimum atomic E-state index is 0.687. The summed E-state index contributed by atoms with van der Waals surface area (Å²) in [5.41, 5.74) is 12.6. The van der Waals surface area contributed by atoms with Gasteiger partial charge in [-0.25, -0.2) is 9.97 Å². The lowest BCUT2D eigenvalue weighted by molar-refractivity contribution is 0.670. The molecule has 11 rings (SSSR count). The Morgan fingerprint density at radius 3 is 1.81 bits per heavy atom. The third-order valence-electron chi connectivity index (χ3n) is 10.5. The van der Waals surface area contributed by atoms with Crippen molar-refractivity contribution in [3.63, 3.8) is 0 Å². The molecule has 0 bridgehead atoms. The van der Waals surface area contributed by atoms with Crippen molar-refractivity contribution in [1.82, 2.24) is 9.97 Å². The minimum absolute atomic E-state index is 0.687. The molecule has 3 nitrogen and oxygen atoms in total. The topological polar surface area (TPSA) is 38.9 Å². The normalized spacial score (nSPS) is 11.7. The SMILES string of the molecule is c1ccc(-c2ccc(-c3cccc4c3oc3cccc(-c5nc(-c6ccc7cc(-c8ccccc8)ccc7c6)c6sc7ccccc7c6n5)c34)cc2)cc1. The highest BCUT2D eigenvalue weighted by Gasteiger charge is 2.21. The Hall–Kier alpha value is -6.88. The van der Waals surface area contributed by atoms with Crippen LogP contribution in [0.2, 0.25) is 0 Å². The highest BCUT2D eigenvalue weighted by molar-refractivity contribution is 7.26. The zero-order valence-electron chi connectivity index (χ0n) is 29.0. The number of nitrogens with zero attached hydrogens (tertiary/aromatic N) is 2. The zero-order valence-corrected chi connectivity index (χ0v) is 29.8. The molecule has 3 aromatic heterocycles. The van der Waals surface area contributed by atoms with E-state index in [0.717, 1.165) is 65.5 Å². The lowest BCUT2D eigenvalue weighted by Crippen LogP contribution is -1.94. The molecule has 11 aromatic rings. The molecule has 0 saturated heterocycles. The number of rotatable bonds is 5. The fourth-order valence-electron chi connectivity index (χ4n) is 7.84. The van der Waals surface area contributed by atoms with Crippen molar-refractivity contribution in [3.8, 4) is 56.0 Å². The highest BCUT2D eigenvalue weighted by Crippen LogP contribution is 2.44. The van der Waals surface area contributed by atoms with Crippen LogP contribution < -0.4 is 0 Å². The molecule has 0 aliphatic rings. The first-order chi connectivity index (χ1) is 26.7. The fourth-order valence-corrected chi connectivity index (χ4v) is 9.00. The average Bonchev–Trinajstić information content (AvgIpc) is 3.82. The van der Waals surface area contributed by atoms with Gasteiger partial charge in [0.25, 0.3) is 0 Å². The molecule has 0 fully saturated rings. The monoisotopic (exact) mass is 706 g/mol. The molecular formula is C50H30N2OS. The standard InChI is InChI=1S/C50H30N2OS/c1-3-11-31(12-4-1)33-21-23-34(24-22-33)39-16-9-17-41-45-42(18-10-19-43(45)53-48(39)41)50-51-46(49-47(52-50)40-15-7-8-20-44(40)54-49)38-28-27-36-29-35(25-26-37(36)30-38)32-13-5-2-6-14-32/h1-30H. The van der Waals surface area contributed by atoms with Gasteiger partial charge < -0.3 is 4.42 Å². The van der Waals surface area contributed by atoms with E-state index in [1.54, 1.807) is 11.3 Å². The first kappa shape index (κ1) is 30.7. The molecule has 0 atom stereocenters. The van der Waals surface area contributed by atoms with Crippen LogP contribution >= 0.6 is 11.3 Å². The molecular weight excluding hydrogens is 677 g/mol. The van der Waals surface area contributed by atoms with Crippen molar-refractivity contribution in [3.05, 3.63) is 182 Å². The number of thiophene rings is 1. The number of hydrogen-bond acceptors (Lipinski definition) is 4. The molecule has 252 valence electrons. The minimum Gasteiger partial charge on any atom is -0.455 e. The van der Waals surface area contributed by atoms with Crippen LogP contribution in [0.3, 0.4) is 0 Å². The summed E-state index contributed by atoms with van der Waals surface area (Å²) in [6, 6.07) is 64.3. The lowest BCUT2D eigenvalue weighted by Gasteiger charge is -2.10. The summed E-state index contributed by atoms with van der Waals surface area (Å²) in [5.74, 6) is 0.687. The van der Waals surface area contributed by atoms with Crippen molar-refractivity contribution in [2.24, 2.45) is 0 Å². The van der Waals surface area contributed by atoms with Gasteiger partial charge in [-0.1, -0.05) is 158 Å². The third kappa shape index (κ3) is 5.03. The number of hydrogen-bond donors (Lipinski definition) is 0. The highest BCUT2D eigenvalue weighted by atomic mass is 32.1. The summed E-state index contributed by atoms with van der Waals surface area (Å²) in [6.07, 6.45) is 0. The van der Waals surface area contributed by atoms with Crippen LogP contribution in [0.25, 0.3) is 109 Å². The van der Waals surface area contributed by atoms with Gasteiger partial charge in [-0.05, 0) is 62.9 Å². The second kappa shape index (κ2) is 12.4. The zero-order chi connectivity index (χ0) is 35.6. The Bertz CT molecular complexity index is 3200. The van der Waals surface area contributed by atoms with Gasteiger partial charge in [0.15, 0.2) is 5.82 Å². The van der Waals surface area contributed by atoms with Gasteiger partial charge >= 0.3 is 0 Å². The number of para-hydroxylation sites is 1. The smallest absolute Gasteiger partial charge is 0.161 e. The number of benzene rings is 8. The quantitative estimate of drug-likeness (QED) is 0.179. The Labute approximate surface area is 315 Å². The van der Waals surface area contributed by atoms with Crippen molar-refractivity contribution in [1.29, 1.82) is 0 Å². The van der Waals surface area contributed by atoms with Crippen molar-refractivity contribution >= 4 is 64.4 Å². The summed E-state index contributed by atoms with van der Waals surface area (Å²) in [7, 11) is 0. The van der Waals surface area contributed by atoms with Gasteiger partial charge in [-0.2, -0.15) is 0 Å². The van der Waals surface area contributed by atoms with Crippen LogP contribution in [0, 0.1) is 0 Å². The van der Waals surface area contributed by atoms with Crippen molar-refractivity contribution in [2.45, 2.75) is 0 Å². The van der Waals surface area contributed by atoms with Crippen LogP contribution in [0.15, 0.2) is 186 Å². The summed E-state index contributed by atoms with van der Waals surface area (Å²) < 4.78 is 9.00. The maximum absolute atomic E-state index is 6.71. The van der Waals surface area contributed by atoms with Crippen LogP contribution in [0.1, 0.15) is 0 Å². The maximum atomic E-state index is 6.71. The number of fused-ring (bicyclic) bond motifs is 7. The Morgan fingerprint density at radius 1 is 0.426 bits per heavy atom. The molecule has 4 heteroatoms. The van der Waals surface area contributed by atoms with Crippen LogP contribution in [0.5, 0.6) is 0 Å². The van der Waals surface area contributed by atoms with Crippen LogP contribution in [0.4, 0.5) is 0 Å². The summed E-state index contributed by atoms with van der Waals surface area (Å²) in [5, 5.41) is 5.58. The van der Waals surface area contributed by atoms with Gasteiger partial charge in [-0.15, -0.1) is 11.3 Å². The third-order valence-corrected chi connectivity index (χ3v) is 11.7. The Kier molecular flexibility index (Phi) is 7.04. The van der Waals surface area contributed by atoms with Gasteiger partial charge in [-0.3, -0.25) is 0 Å². The second-order valence-corrected chi connectivity index (χ2v) is 14.8. The van der Waals surface area contributed by atoms with Crippen molar-refractivity contribution < 1.29 is 4.42 Å². The molecule has 0 radical (unpaired) electrons. The van der Waals surface area contributed by atoms with E-state index in [2.05, 4.69) is 164 Å². The van der Waals surface area contributed by atoms with E-state index in [0.29, 0.717) is 5.82 Å². The predicted octanol–water partition coefficient (Wildman–Crippen LogP) is 14.2. The van der Waals surface area contributed by atoms with E-state index in [1.165, 1.54) is 37.7 Å². The Morgan fingerprint density at radius 2 is 1.02 bits per heavy atom. The van der Waals surface area contributed by atoms with Crippen LogP contribution in [-0.4, -0.2) is 9.97 Å². The largest absolute Gasteiger partial charge is 0.455 e. The number of aromatic nitrogens is 2. The molecule has 3 heterocycles. The molecule has 0 aliphatic heterocycles. The summed E-state index contributed by atoms with van der Waals surface area (Å²) in [4.78, 5) is 10.8. The van der Waals surface area contributed by atoms with Gasteiger partial charge in [0.1, 0.15) is 11.2 Å². The summed E-state index contributed by atoms with van der Waals surface area (Å²) in [6.45, 7) is 0. The molecule has 0 unspecified atom stereocenters. The van der Waals surface area contributed by atoms with E-state index in [9.17, 15) is 0 Å². The van der Waals surface area contributed by atoms with E-state index < -0.39 is 0 Å². The molecule has 0 aliphatic carbocycles. The number of furan rings is 1. The van der Waals surface area contributed by atoms with Crippen LogP contribution in [-0.2, 0) is 0 Å². The molecule has 8 aromatic carbocycles. The van der Waals surface area contributed by atoms with E-state index in [-0.39, 0.29) is 0 Å². The molecule has 0 amide bonds. The lowest BCUT2D eigenvalue weighted by atomic mass is 9.98. The predicted molar refractivity (Wildman–Crippen MR) is 227 cm³/mol. The summed E-state index contributed by atoms with van der Waals surface area (Å²) >= 11 is 1.76. The van der Waals surface area contributed by atoms with Gasteiger partial charge in [0, 0.05) is 37.5 Å². The fraction of sp³-hybridized carbons (Fsp3) is 0. The first-order valence-electron chi connectivity index (χ1n) is 18.1. The van der Waals surface area contributed by atoms with E-state index in [1.807, 2.05) is 18.2 Å². The van der Waals surface area contributed by atoms with E-state index in [4.69, 9.17) is 14.4 Å². The average molecular weight is 707 g/mol. The van der Waals surface area contributed by atoms with Gasteiger partial charge in [0.2, 0.25) is 0 Å². The molecule has 0 saturated carbocycles. The van der Waals surface area contributed by atoms with Crippen molar-refractivity contribution in [2.75, 3.05) is 0 Å². The first-order valence-corrected chi connectivity index (χ1v) is 19.0. The molecule has 0 spiro atoms. The Balaban J connectivity index is 1.08. The second-order valence-electron chi connectivity index (χ2n) is 13.7. The maximum Gasteiger partial charge on any atom is 0.161 e. The molecule has 0 N–H and O–H groups in total. The van der Waals surface area contributed by atoms with Gasteiger partial charge in [0.05, 0.1) is 15.9 Å². The van der Waals surface area contributed by atoms with E-state index >= 15 is 0 Å².